The molecule has 0 fully saturated rings. The topological polar surface area (TPSA) is 76.0 Å². The number of rotatable bonds is 3. The molecular weight excluding hydrogens is 396 g/mol. The highest BCUT2D eigenvalue weighted by molar-refractivity contribution is 9.10. The number of aryl methyl sites for hydroxylation is 2. The molecule has 0 radical (unpaired) electrons. The zero-order valence-corrected chi connectivity index (χ0v) is 15.9. The summed E-state index contributed by atoms with van der Waals surface area (Å²) in [6.07, 6.45) is 1.76. The standard InChI is InChI=1S/C19H17BrN4O2/c1-12-15(8-9-16(21-12)13-6-4-3-5-7-13)18(25)22-23-19(26)17-10-14(20)11-24(17)2/h3-11H,1-2H3,(H,22,25)(H,23,26). The second-order valence-electron chi connectivity index (χ2n) is 5.76. The van der Waals surface area contributed by atoms with E-state index in [-0.39, 0.29) is 0 Å². The van der Waals surface area contributed by atoms with Gasteiger partial charge in [-0.2, -0.15) is 0 Å². The number of carbonyl (C=O) groups excluding carboxylic acids is 2. The van der Waals surface area contributed by atoms with Crippen molar-refractivity contribution >= 4 is 27.7 Å². The number of carbonyl (C=O) groups is 2. The zero-order chi connectivity index (χ0) is 18.7. The van der Waals surface area contributed by atoms with Crippen LogP contribution in [0.25, 0.3) is 11.3 Å². The lowest BCUT2D eigenvalue weighted by Crippen LogP contribution is -2.42. The number of pyridine rings is 1. The van der Waals surface area contributed by atoms with E-state index in [4.69, 9.17) is 0 Å². The van der Waals surface area contributed by atoms with Gasteiger partial charge in [-0.1, -0.05) is 30.3 Å². The van der Waals surface area contributed by atoms with Crippen molar-refractivity contribution in [2.24, 2.45) is 7.05 Å². The van der Waals surface area contributed by atoms with Gasteiger partial charge in [0.15, 0.2) is 0 Å². The molecular formula is C19H17BrN4O2. The van der Waals surface area contributed by atoms with Gasteiger partial charge in [-0.05, 0) is 41.1 Å². The first-order chi connectivity index (χ1) is 12.5. The van der Waals surface area contributed by atoms with Crippen molar-refractivity contribution in [1.82, 2.24) is 20.4 Å². The van der Waals surface area contributed by atoms with E-state index < -0.39 is 11.8 Å². The van der Waals surface area contributed by atoms with Gasteiger partial charge < -0.3 is 4.57 Å². The minimum atomic E-state index is -0.420. The van der Waals surface area contributed by atoms with E-state index in [1.54, 1.807) is 42.9 Å². The molecule has 3 aromatic rings. The van der Waals surface area contributed by atoms with Crippen molar-refractivity contribution in [3.63, 3.8) is 0 Å². The van der Waals surface area contributed by atoms with Crippen LogP contribution in [0.5, 0.6) is 0 Å². The summed E-state index contributed by atoms with van der Waals surface area (Å²) in [5, 5.41) is 0. The molecule has 2 amide bonds. The predicted molar refractivity (Wildman–Crippen MR) is 102 cm³/mol. The maximum Gasteiger partial charge on any atom is 0.286 e. The van der Waals surface area contributed by atoms with Crippen LogP contribution >= 0.6 is 15.9 Å². The van der Waals surface area contributed by atoms with Crippen LogP contribution in [0, 0.1) is 6.92 Å². The molecule has 6 nitrogen and oxygen atoms in total. The fourth-order valence-corrected chi connectivity index (χ4v) is 3.09. The van der Waals surface area contributed by atoms with Crippen molar-refractivity contribution in [3.05, 3.63) is 76.2 Å². The Morgan fingerprint density at radius 3 is 2.35 bits per heavy atom. The zero-order valence-electron chi connectivity index (χ0n) is 14.3. The SMILES string of the molecule is Cc1nc(-c2ccccc2)ccc1C(=O)NNC(=O)c1cc(Br)cn1C. The Labute approximate surface area is 159 Å². The fraction of sp³-hybridized carbons (Fsp3) is 0.105. The van der Waals surface area contributed by atoms with E-state index in [1.807, 2.05) is 30.3 Å². The molecule has 132 valence electrons. The largest absolute Gasteiger partial charge is 0.345 e. The van der Waals surface area contributed by atoms with Gasteiger partial charge in [0.2, 0.25) is 0 Å². The van der Waals surface area contributed by atoms with Gasteiger partial charge in [-0.3, -0.25) is 25.4 Å². The first-order valence-electron chi connectivity index (χ1n) is 7.91. The molecule has 0 saturated carbocycles. The van der Waals surface area contributed by atoms with Crippen LogP contribution in [-0.2, 0) is 7.05 Å². The summed E-state index contributed by atoms with van der Waals surface area (Å²) in [5.74, 6) is -0.825. The number of hydrogen-bond donors (Lipinski definition) is 2. The van der Waals surface area contributed by atoms with Crippen LogP contribution in [0.3, 0.4) is 0 Å². The van der Waals surface area contributed by atoms with Gasteiger partial charge in [0.1, 0.15) is 5.69 Å². The van der Waals surface area contributed by atoms with E-state index in [0.717, 1.165) is 15.7 Å². The number of nitrogens with one attached hydrogen (secondary N) is 2. The monoisotopic (exact) mass is 412 g/mol. The molecule has 0 unspecified atom stereocenters. The molecule has 7 heteroatoms. The Balaban J connectivity index is 1.70. The van der Waals surface area contributed by atoms with Crippen LogP contribution in [0.2, 0.25) is 0 Å². The van der Waals surface area contributed by atoms with E-state index in [2.05, 4.69) is 31.8 Å². The van der Waals surface area contributed by atoms with E-state index in [9.17, 15) is 9.59 Å². The Hall–Kier alpha value is -2.93. The number of nitrogens with zero attached hydrogens (tertiary/aromatic N) is 2. The summed E-state index contributed by atoms with van der Waals surface area (Å²) in [4.78, 5) is 29.0. The maximum absolute atomic E-state index is 12.4. The summed E-state index contributed by atoms with van der Waals surface area (Å²) >= 11 is 3.31. The molecule has 0 saturated heterocycles. The number of aromatic nitrogens is 2. The van der Waals surface area contributed by atoms with Crippen molar-refractivity contribution < 1.29 is 9.59 Å². The van der Waals surface area contributed by atoms with Gasteiger partial charge in [-0.25, -0.2) is 0 Å². The first kappa shape index (κ1) is 17.9. The highest BCUT2D eigenvalue weighted by Crippen LogP contribution is 2.18. The minimum absolute atomic E-state index is 0.401. The lowest BCUT2D eigenvalue weighted by atomic mass is 10.1. The van der Waals surface area contributed by atoms with Crippen LogP contribution in [0.4, 0.5) is 0 Å². The van der Waals surface area contributed by atoms with Crippen LogP contribution < -0.4 is 10.9 Å². The van der Waals surface area contributed by atoms with Crippen LogP contribution in [0.15, 0.2) is 59.2 Å². The molecule has 3 rings (SSSR count). The maximum atomic E-state index is 12.4. The number of amides is 2. The number of hydrogen-bond acceptors (Lipinski definition) is 3. The molecule has 0 aliphatic heterocycles. The predicted octanol–water partition coefficient (Wildman–Crippen LogP) is 3.23. The molecule has 0 aliphatic carbocycles. The number of halogens is 1. The Morgan fingerprint density at radius 1 is 1.04 bits per heavy atom. The molecule has 26 heavy (non-hydrogen) atoms. The van der Waals surface area contributed by atoms with Gasteiger partial charge in [0, 0.05) is 23.3 Å². The molecule has 0 spiro atoms. The average molecular weight is 413 g/mol. The summed E-state index contributed by atoms with van der Waals surface area (Å²) in [6.45, 7) is 1.76. The molecule has 0 aliphatic rings. The molecule has 0 atom stereocenters. The second kappa shape index (κ2) is 7.53. The molecule has 2 aromatic heterocycles. The Kier molecular flexibility index (Phi) is 5.18. The quantitative estimate of drug-likeness (QED) is 0.648. The summed E-state index contributed by atoms with van der Waals surface area (Å²) in [5.41, 5.74) is 8.02. The molecule has 2 heterocycles. The van der Waals surface area contributed by atoms with Crippen LogP contribution in [-0.4, -0.2) is 21.4 Å². The van der Waals surface area contributed by atoms with Gasteiger partial charge in [-0.15, -0.1) is 0 Å². The Bertz CT molecular complexity index is 967. The van der Waals surface area contributed by atoms with Gasteiger partial charge >= 0.3 is 0 Å². The lowest BCUT2D eigenvalue weighted by molar-refractivity contribution is 0.0841. The second-order valence-corrected chi connectivity index (χ2v) is 6.67. The third kappa shape index (κ3) is 3.83. The molecule has 2 N–H and O–H groups in total. The smallest absolute Gasteiger partial charge is 0.286 e. The fourth-order valence-electron chi connectivity index (χ4n) is 2.57. The van der Waals surface area contributed by atoms with Crippen molar-refractivity contribution in [3.8, 4) is 11.3 Å². The normalized spacial score (nSPS) is 10.4. The van der Waals surface area contributed by atoms with Gasteiger partial charge in [0.25, 0.3) is 11.8 Å². The van der Waals surface area contributed by atoms with Crippen molar-refractivity contribution in [1.29, 1.82) is 0 Å². The Morgan fingerprint density at radius 2 is 1.73 bits per heavy atom. The first-order valence-corrected chi connectivity index (χ1v) is 8.70. The van der Waals surface area contributed by atoms with Crippen molar-refractivity contribution in [2.45, 2.75) is 6.92 Å². The molecule has 0 bridgehead atoms. The van der Waals surface area contributed by atoms with E-state index >= 15 is 0 Å². The van der Waals surface area contributed by atoms with Crippen LogP contribution in [0.1, 0.15) is 26.5 Å². The van der Waals surface area contributed by atoms with E-state index in [1.165, 1.54) is 0 Å². The molecule has 1 aromatic carbocycles. The third-order valence-corrected chi connectivity index (χ3v) is 4.33. The highest BCUT2D eigenvalue weighted by atomic mass is 79.9. The number of hydrazine groups is 1. The van der Waals surface area contributed by atoms with E-state index in [0.29, 0.717) is 17.0 Å². The average Bonchev–Trinajstić information content (AvgIpc) is 2.98. The lowest BCUT2D eigenvalue weighted by Gasteiger charge is -2.10. The summed E-state index contributed by atoms with van der Waals surface area (Å²) in [6, 6.07) is 14.9. The summed E-state index contributed by atoms with van der Waals surface area (Å²) < 4.78 is 2.44. The number of benzene rings is 1. The third-order valence-electron chi connectivity index (χ3n) is 3.89. The summed E-state index contributed by atoms with van der Waals surface area (Å²) in [7, 11) is 1.75. The van der Waals surface area contributed by atoms with Crippen molar-refractivity contribution in [2.75, 3.05) is 0 Å². The minimum Gasteiger partial charge on any atom is -0.345 e. The van der Waals surface area contributed by atoms with Gasteiger partial charge in [0.05, 0.1) is 17.0 Å². The highest BCUT2D eigenvalue weighted by Gasteiger charge is 2.15.